The Labute approximate surface area is 86.2 Å². The predicted octanol–water partition coefficient (Wildman–Crippen LogP) is 2.27. The molecule has 0 saturated heterocycles. The summed E-state index contributed by atoms with van der Waals surface area (Å²) >= 11 is 3.45. The van der Waals surface area contributed by atoms with Crippen LogP contribution >= 0.6 is 15.9 Å². The first-order valence-corrected chi connectivity index (χ1v) is 5.18. The molecule has 2 unspecified atom stereocenters. The Morgan fingerprint density at radius 2 is 2.31 bits per heavy atom. The van der Waals surface area contributed by atoms with Crippen molar-refractivity contribution in [3.05, 3.63) is 28.2 Å². The molecule has 3 heteroatoms. The van der Waals surface area contributed by atoms with E-state index in [1.54, 1.807) is 0 Å². The van der Waals surface area contributed by atoms with Crippen LogP contribution in [0.2, 0.25) is 0 Å². The van der Waals surface area contributed by atoms with E-state index in [0.717, 1.165) is 10.2 Å². The molecular weight excluding hydrogens is 230 g/mol. The van der Waals surface area contributed by atoms with Crippen molar-refractivity contribution in [2.24, 2.45) is 5.73 Å². The van der Waals surface area contributed by atoms with Gasteiger partial charge in [-0.2, -0.15) is 0 Å². The smallest absolute Gasteiger partial charge is 0.123 e. The maximum absolute atomic E-state index is 5.69. The molecule has 0 saturated carbocycles. The van der Waals surface area contributed by atoms with E-state index in [1.807, 2.05) is 12.1 Å². The van der Waals surface area contributed by atoms with Gasteiger partial charge in [-0.1, -0.05) is 15.9 Å². The summed E-state index contributed by atoms with van der Waals surface area (Å²) in [6.45, 7) is 2.70. The molecule has 1 aliphatic heterocycles. The lowest BCUT2D eigenvalue weighted by atomic mass is 9.97. The van der Waals surface area contributed by atoms with Crippen molar-refractivity contribution >= 4 is 15.9 Å². The van der Waals surface area contributed by atoms with Crippen molar-refractivity contribution in [3.8, 4) is 5.75 Å². The molecule has 0 radical (unpaired) electrons. The van der Waals surface area contributed by atoms with Gasteiger partial charge in [0.2, 0.25) is 0 Å². The Hall–Kier alpha value is -0.540. The summed E-state index contributed by atoms with van der Waals surface area (Å²) in [5.41, 5.74) is 6.92. The van der Waals surface area contributed by atoms with Gasteiger partial charge in [0.1, 0.15) is 11.9 Å². The summed E-state index contributed by atoms with van der Waals surface area (Å²) in [4.78, 5) is 0. The van der Waals surface area contributed by atoms with Crippen LogP contribution < -0.4 is 10.5 Å². The van der Waals surface area contributed by atoms with Crippen LogP contribution in [0.15, 0.2) is 22.7 Å². The molecule has 70 valence electrons. The minimum atomic E-state index is 0.203. The standard InChI is InChI=1S/C10H12BrNO/c1-6-9(5-12)8-4-7(11)2-3-10(8)13-6/h2-4,6,9H,5,12H2,1H3. The van der Waals surface area contributed by atoms with Crippen molar-refractivity contribution in [1.82, 2.24) is 0 Å². The molecule has 0 aromatic heterocycles. The second kappa shape index (κ2) is 3.31. The number of hydrogen-bond donors (Lipinski definition) is 1. The third-order valence-electron chi connectivity index (χ3n) is 2.50. The van der Waals surface area contributed by atoms with E-state index in [0.29, 0.717) is 12.5 Å². The van der Waals surface area contributed by atoms with Gasteiger partial charge in [-0.25, -0.2) is 0 Å². The zero-order valence-corrected chi connectivity index (χ0v) is 9.04. The Morgan fingerprint density at radius 1 is 1.54 bits per heavy atom. The van der Waals surface area contributed by atoms with Gasteiger partial charge >= 0.3 is 0 Å². The summed E-state index contributed by atoms with van der Waals surface area (Å²) in [5.74, 6) is 1.32. The van der Waals surface area contributed by atoms with Crippen LogP contribution in [-0.2, 0) is 0 Å². The summed E-state index contributed by atoms with van der Waals surface area (Å²) in [7, 11) is 0. The molecule has 2 rings (SSSR count). The number of rotatable bonds is 1. The highest BCUT2D eigenvalue weighted by atomic mass is 79.9. The van der Waals surface area contributed by atoms with E-state index in [2.05, 4.69) is 28.9 Å². The first kappa shape index (κ1) is 9.03. The second-order valence-corrected chi connectivity index (χ2v) is 4.26. The van der Waals surface area contributed by atoms with Gasteiger partial charge in [0.15, 0.2) is 0 Å². The van der Waals surface area contributed by atoms with Crippen LogP contribution in [0.3, 0.4) is 0 Å². The second-order valence-electron chi connectivity index (χ2n) is 3.35. The molecule has 1 heterocycles. The lowest BCUT2D eigenvalue weighted by Gasteiger charge is -2.11. The maximum Gasteiger partial charge on any atom is 0.123 e. The summed E-state index contributed by atoms with van der Waals surface area (Å²) in [5, 5.41) is 0. The van der Waals surface area contributed by atoms with Gasteiger partial charge in [0.25, 0.3) is 0 Å². The average Bonchev–Trinajstić information content (AvgIpc) is 2.40. The third-order valence-corrected chi connectivity index (χ3v) is 3.00. The van der Waals surface area contributed by atoms with Gasteiger partial charge in [0.05, 0.1) is 0 Å². The highest BCUT2D eigenvalue weighted by molar-refractivity contribution is 9.10. The molecule has 0 spiro atoms. The van der Waals surface area contributed by atoms with Crippen molar-refractivity contribution in [2.75, 3.05) is 6.54 Å². The molecule has 0 fully saturated rings. The monoisotopic (exact) mass is 241 g/mol. The van der Waals surface area contributed by atoms with Crippen LogP contribution in [0.5, 0.6) is 5.75 Å². The van der Waals surface area contributed by atoms with Crippen LogP contribution in [0.4, 0.5) is 0 Å². The Kier molecular flexibility index (Phi) is 2.30. The van der Waals surface area contributed by atoms with E-state index in [9.17, 15) is 0 Å². The first-order valence-electron chi connectivity index (χ1n) is 4.38. The van der Waals surface area contributed by atoms with Crippen molar-refractivity contribution in [3.63, 3.8) is 0 Å². The Bertz CT molecular complexity index is 327. The third kappa shape index (κ3) is 1.46. The fraction of sp³-hybridized carbons (Fsp3) is 0.400. The van der Waals surface area contributed by atoms with Crippen molar-refractivity contribution < 1.29 is 4.74 Å². The van der Waals surface area contributed by atoms with Crippen molar-refractivity contribution in [2.45, 2.75) is 18.9 Å². The van der Waals surface area contributed by atoms with Crippen molar-refractivity contribution in [1.29, 1.82) is 0 Å². The molecule has 13 heavy (non-hydrogen) atoms. The average molecular weight is 242 g/mol. The zero-order valence-electron chi connectivity index (χ0n) is 7.46. The molecule has 1 aromatic carbocycles. The van der Waals surface area contributed by atoms with E-state index in [1.165, 1.54) is 5.56 Å². The van der Waals surface area contributed by atoms with E-state index in [-0.39, 0.29) is 6.10 Å². The Balaban J connectivity index is 2.44. The fourth-order valence-corrected chi connectivity index (χ4v) is 2.15. The lowest BCUT2D eigenvalue weighted by Crippen LogP contribution is -2.21. The molecule has 0 aliphatic carbocycles. The lowest BCUT2D eigenvalue weighted by molar-refractivity contribution is 0.228. The summed E-state index contributed by atoms with van der Waals surface area (Å²) in [6, 6.07) is 6.08. The van der Waals surface area contributed by atoms with Gasteiger partial charge in [-0.3, -0.25) is 0 Å². The van der Waals surface area contributed by atoms with Gasteiger partial charge in [-0.05, 0) is 25.1 Å². The highest BCUT2D eigenvalue weighted by Crippen LogP contribution is 2.38. The number of hydrogen-bond acceptors (Lipinski definition) is 2. The number of nitrogens with two attached hydrogens (primary N) is 1. The fourth-order valence-electron chi connectivity index (χ4n) is 1.77. The minimum Gasteiger partial charge on any atom is -0.490 e. The maximum atomic E-state index is 5.69. The predicted molar refractivity (Wildman–Crippen MR) is 56.0 cm³/mol. The summed E-state index contributed by atoms with van der Waals surface area (Å²) in [6.07, 6.45) is 0.203. The highest BCUT2D eigenvalue weighted by Gasteiger charge is 2.29. The van der Waals surface area contributed by atoms with Crippen LogP contribution in [0, 0.1) is 0 Å². The quantitative estimate of drug-likeness (QED) is 0.819. The van der Waals surface area contributed by atoms with Gasteiger partial charge in [0, 0.05) is 22.5 Å². The van der Waals surface area contributed by atoms with Crippen LogP contribution in [0.1, 0.15) is 18.4 Å². The molecule has 0 amide bonds. The topological polar surface area (TPSA) is 35.2 Å². The summed E-state index contributed by atoms with van der Waals surface area (Å²) < 4.78 is 6.75. The molecule has 1 aromatic rings. The SMILES string of the molecule is CC1Oc2ccc(Br)cc2C1CN. The minimum absolute atomic E-state index is 0.203. The normalized spacial score (nSPS) is 25.5. The number of halogens is 1. The van der Waals surface area contributed by atoms with Gasteiger partial charge in [-0.15, -0.1) is 0 Å². The number of benzene rings is 1. The van der Waals surface area contributed by atoms with Gasteiger partial charge < -0.3 is 10.5 Å². The van der Waals surface area contributed by atoms with E-state index < -0.39 is 0 Å². The van der Waals surface area contributed by atoms with E-state index in [4.69, 9.17) is 10.5 Å². The van der Waals surface area contributed by atoms with Crippen LogP contribution in [-0.4, -0.2) is 12.6 Å². The van der Waals surface area contributed by atoms with E-state index >= 15 is 0 Å². The number of fused-ring (bicyclic) bond motifs is 1. The molecule has 2 nitrogen and oxygen atoms in total. The van der Waals surface area contributed by atoms with Crippen LogP contribution in [0.25, 0.3) is 0 Å². The first-order chi connectivity index (χ1) is 6.22. The molecule has 0 bridgehead atoms. The molecular formula is C10H12BrNO. The largest absolute Gasteiger partial charge is 0.490 e. The Morgan fingerprint density at radius 3 is 3.00 bits per heavy atom. The number of ether oxygens (including phenoxy) is 1. The molecule has 2 atom stereocenters. The zero-order chi connectivity index (χ0) is 9.42. The molecule has 2 N–H and O–H groups in total. The molecule has 1 aliphatic rings.